The van der Waals surface area contributed by atoms with Crippen molar-refractivity contribution in [3.8, 4) is 0 Å². The number of aromatic carboxylic acids is 1. The van der Waals surface area contributed by atoms with Crippen LogP contribution in [-0.2, 0) is 11.4 Å². The van der Waals surface area contributed by atoms with Crippen LogP contribution >= 0.6 is 0 Å². The molecule has 1 aliphatic carbocycles. The van der Waals surface area contributed by atoms with Gasteiger partial charge in [-0.3, -0.25) is 4.79 Å². The van der Waals surface area contributed by atoms with E-state index >= 15 is 8.78 Å². The summed E-state index contributed by atoms with van der Waals surface area (Å²) in [5, 5.41) is 13.2. The van der Waals surface area contributed by atoms with Crippen LogP contribution in [-0.4, -0.2) is 41.0 Å². The minimum atomic E-state index is -1.48. The Morgan fingerprint density at radius 2 is 1.92 bits per heavy atom. The molecule has 5 N–H and O–H groups in total. The van der Waals surface area contributed by atoms with Crippen LogP contribution in [0, 0.1) is 17.6 Å². The molecule has 0 radical (unpaired) electrons. The van der Waals surface area contributed by atoms with Gasteiger partial charge in [-0.2, -0.15) is 0 Å². The Morgan fingerprint density at radius 3 is 2.56 bits per heavy atom. The molecule has 1 aliphatic heterocycles. The summed E-state index contributed by atoms with van der Waals surface area (Å²) in [5.74, 6) is -3.89. The maximum absolute atomic E-state index is 16.0. The number of pyridine rings is 1. The number of rotatable bonds is 7. The highest BCUT2D eigenvalue weighted by atomic mass is 19.1. The molecular formula is C25H25F2N5O4. The van der Waals surface area contributed by atoms with Crippen molar-refractivity contribution in [2.45, 2.75) is 25.5 Å². The number of anilines is 2. The summed E-state index contributed by atoms with van der Waals surface area (Å²) in [7, 11) is 0. The molecular weight excluding hydrogens is 472 g/mol. The molecule has 188 valence electrons. The Morgan fingerprint density at radius 1 is 1.19 bits per heavy atom. The minimum Gasteiger partial charge on any atom is -0.477 e. The highest BCUT2D eigenvalue weighted by Gasteiger charge is 2.36. The van der Waals surface area contributed by atoms with Crippen LogP contribution in [0.3, 0.4) is 0 Å². The van der Waals surface area contributed by atoms with Crippen LogP contribution in [0.25, 0.3) is 10.9 Å². The third-order valence-electron chi connectivity index (χ3n) is 6.66. The average Bonchev–Trinajstić information content (AvgIpc) is 3.63. The lowest BCUT2D eigenvalue weighted by atomic mass is 10.1. The van der Waals surface area contributed by atoms with E-state index in [4.69, 9.17) is 16.3 Å². The first-order valence-corrected chi connectivity index (χ1v) is 11.6. The maximum Gasteiger partial charge on any atom is 0.341 e. The summed E-state index contributed by atoms with van der Waals surface area (Å²) in [4.78, 5) is 31.4. The van der Waals surface area contributed by atoms with Crippen molar-refractivity contribution < 1.29 is 23.5 Å². The van der Waals surface area contributed by atoms with E-state index < -0.39 is 45.4 Å². The van der Waals surface area contributed by atoms with Gasteiger partial charge in [0.2, 0.25) is 5.43 Å². The molecule has 0 spiro atoms. The fourth-order valence-electron chi connectivity index (χ4n) is 4.63. The van der Waals surface area contributed by atoms with E-state index in [-0.39, 0.29) is 43.7 Å². The lowest BCUT2D eigenvalue weighted by Crippen LogP contribution is -2.27. The lowest BCUT2D eigenvalue weighted by molar-refractivity contribution is 0.0695. The van der Waals surface area contributed by atoms with Gasteiger partial charge in [-0.15, -0.1) is 0 Å². The second kappa shape index (κ2) is 9.23. The number of nitrogen functional groups attached to an aromatic ring is 1. The van der Waals surface area contributed by atoms with Gasteiger partial charge in [0.1, 0.15) is 17.9 Å². The Bertz CT molecular complexity index is 1440. The number of hydrogen-bond acceptors (Lipinski definition) is 7. The smallest absolute Gasteiger partial charge is 0.341 e. The molecule has 0 amide bonds. The van der Waals surface area contributed by atoms with Crippen LogP contribution in [0.4, 0.5) is 20.2 Å². The van der Waals surface area contributed by atoms with Gasteiger partial charge in [0.25, 0.3) is 0 Å². The van der Waals surface area contributed by atoms with Gasteiger partial charge in [0, 0.05) is 31.2 Å². The zero-order valence-corrected chi connectivity index (χ0v) is 19.3. The van der Waals surface area contributed by atoms with Gasteiger partial charge < -0.3 is 30.9 Å². The number of carboxylic acids is 1. The van der Waals surface area contributed by atoms with Crippen LogP contribution in [0.1, 0.15) is 34.8 Å². The molecule has 1 atom stereocenters. The second-order valence-electron chi connectivity index (χ2n) is 9.08. The van der Waals surface area contributed by atoms with E-state index in [9.17, 15) is 14.7 Å². The molecule has 2 heterocycles. The number of nitrogens with two attached hydrogens (primary N) is 2. The monoisotopic (exact) mass is 497 g/mol. The molecule has 2 aliphatic rings. The van der Waals surface area contributed by atoms with E-state index in [1.165, 1.54) is 9.47 Å². The van der Waals surface area contributed by atoms with Gasteiger partial charge in [0.05, 0.1) is 28.8 Å². The Hall–Kier alpha value is -3.99. The molecule has 11 heteroatoms. The van der Waals surface area contributed by atoms with Crippen molar-refractivity contribution >= 4 is 34.0 Å². The van der Waals surface area contributed by atoms with Gasteiger partial charge in [-0.25, -0.2) is 13.6 Å². The molecule has 1 unspecified atom stereocenters. The zero-order valence-electron chi connectivity index (χ0n) is 19.3. The van der Waals surface area contributed by atoms with Crippen molar-refractivity contribution in [1.29, 1.82) is 0 Å². The van der Waals surface area contributed by atoms with Crippen molar-refractivity contribution in [2.75, 3.05) is 30.3 Å². The lowest BCUT2D eigenvalue weighted by Gasteiger charge is -2.23. The third kappa shape index (κ3) is 4.05. The molecule has 1 aromatic heterocycles. The predicted molar refractivity (Wildman–Crippen MR) is 131 cm³/mol. The third-order valence-corrected chi connectivity index (χ3v) is 6.66. The number of carboxylic acid groups (broad SMARTS) is 1. The summed E-state index contributed by atoms with van der Waals surface area (Å²) in [6, 6.07) is 9.22. The Kier molecular flexibility index (Phi) is 6.09. The summed E-state index contributed by atoms with van der Waals surface area (Å²) >= 11 is 0. The number of aromatic nitrogens is 1. The molecule has 5 rings (SSSR count). The zero-order chi connectivity index (χ0) is 25.6. The average molecular weight is 498 g/mol. The molecule has 3 aromatic rings. The van der Waals surface area contributed by atoms with Crippen molar-refractivity contribution in [3.05, 3.63) is 69.5 Å². The van der Waals surface area contributed by atoms with E-state index in [1.54, 1.807) is 0 Å². The molecule has 1 saturated carbocycles. The predicted octanol–water partition coefficient (Wildman–Crippen LogP) is 2.86. The number of hydrogen-bond donors (Lipinski definition) is 3. The van der Waals surface area contributed by atoms with Gasteiger partial charge in [-0.1, -0.05) is 35.5 Å². The second-order valence-corrected chi connectivity index (χ2v) is 9.08. The quantitative estimate of drug-likeness (QED) is 0.337. The molecule has 2 fully saturated rings. The van der Waals surface area contributed by atoms with Crippen molar-refractivity contribution in [2.24, 2.45) is 16.8 Å². The summed E-state index contributed by atoms with van der Waals surface area (Å²) < 4.78 is 32.9. The SMILES string of the molecule is NCC1CN(c2c(F)c(N)c3c(=O)c(C(=O)O)cn(C4CC4)c3c2F)C/C1=N\OCc1ccccc1. The molecule has 1 saturated heterocycles. The Labute approximate surface area is 204 Å². The summed E-state index contributed by atoms with van der Waals surface area (Å²) in [6.45, 7) is 0.637. The van der Waals surface area contributed by atoms with E-state index in [0.29, 0.717) is 18.6 Å². The standard InChI is InChI=1S/C25H25F2N5O4/c26-19-21(29)18-22(32(15-6-7-15)10-16(24(18)33)25(34)35)20(27)23(19)31-9-14(8-28)17(11-31)30-36-12-13-4-2-1-3-5-13/h1-5,10,14-15H,6-9,11-12,28-29H2,(H,34,35)/b30-17+. The van der Waals surface area contributed by atoms with Crippen molar-refractivity contribution in [1.82, 2.24) is 4.57 Å². The molecule has 9 nitrogen and oxygen atoms in total. The Balaban J connectivity index is 1.56. The summed E-state index contributed by atoms with van der Waals surface area (Å²) in [6.07, 6.45) is 2.47. The van der Waals surface area contributed by atoms with Crippen LogP contribution in [0.15, 0.2) is 46.5 Å². The highest BCUT2D eigenvalue weighted by Crippen LogP contribution is 2.42. The minimum absolute atomic E-state index is 0.0519. The molecule has 0 bridgehead atoms. The van der Waals surface area contributed by atoms with E-state index in [1.807, 2.05) is 30.3 Å². The first-order chi connectivity index (χ1) is 17.3. The first kappa shape index (κ1) is 23.7. The number of fused-ring (bicyclic) bond motifs is 1. The highest BCUT2D eigenvalue weighted by molar-refractivity contribution is 6.01. The number of nitrogens with zero attached hydrogens (tertiary/aromatic N) is 3. The molecule has 2 aromatic carbocycles. The maximum atomic E-state index is 16.0. The van der Waals surface area contributed by atoms with E-state index in [2.05, 4.69) is 5.16 Å². The topological polar surface area (TPSA) is 136 Å². The largest absolute Gasteiger partial charge is 0.477 e. The van der Waals surface area contributed by atoms with Crippen LogP contribution in [0.2, 0.25) is 0 Å². The van der Waals surface area contributed by atoms with Crippen LogP contribution < -0.4 is 21.8 Å². The first-order valence-electron chi connectivity index (χ1n) is 11.6. The van der Waals surface area contributed by atoms with Gasteiger partial charge in [0.15, 0.2) is 11.6 Å². The fourth-order valence-corrected chi connectivity index (χ4v) is 4.63. The summed E-state index contributed by atoms with van der Waals surface area (Å²) in [5.41, 5.74) is 10.6. The van der Waals surface area contributed by atoms with Crippen LogP contribution in [0.5, 0.6) is 0 Å². The van der Waals surface area contributed by atoms with Gasteiger partial charge >= 0.3 is 5.97 Å². The van der Waals surface area contributed by atoms with Gasteiger partial charge in [-0.05, 0) is 18.4 Å². The van der Waals surface area contributed by atoms with E-state index in [0.717, 1.165) is 11.8 Å². The molecule has 36 heavy (non-hydrogen) atoms. The number of benzene rings is 2. The number of oxime groups is 1. The number of carbonyl (C=O) groups is 1. The number of halogens is 2. The fraction of sp³-hybridized carbons (Fsp3) is 0.320. The van der Waals surface area contributed by atoms with Crippen molar-refractivity contribution in [3.63, 3.8) is 0 Å². The normalized spacial score (nSPS) is 18.8.